The van der Waals surface area contributed by atoms with Crippen molar-refractivity contribution in [3.63, 3.8) is 0 Å². The van der Waals surface area contributed by atoms with Gasteiger partial charge in [-0.25, -0.2) is 0 Å². The van der Waals surface area contributed by atoms with Gasteiger partial charge >= 0.3 is 5.97 Å². The van der Waals surface area contributed by atoms with E-state index >= 15 is 0 Å². The second kappa shape index (κ2) is 5.31. The first-order valence-electron chi connectivity index (χ1n) is 7.24. The molecule has 0 bridgehead atoms. The average molecular weight is 276 g/mol. The predicted octanol–water partition coefficient (Wildman–Crippen LogP) is 1.85. The topological polar surface area (TPSA) is 51.5 Å². The third-order valence-corrected chi connectivity index (χ3v) is 4.18. The molecule has 20 heavy (non-hydrogen) atoms. The van der Waals surface area contributed by atoms with Crippen LogP contribution in [0.25, 0.3) is 0 Å². The van der Waals surface area contributed by atoms with E-state index in [0.29, 0.717) is 12.6 Å². The number of esters is 1. The van der Waals surface area contributed by atoms with Crippen molar-refractivity contribution in [1.29, 1.82) is 0 Å². The molecule has 3 rings (SSSR count). The molecule has 1 aromatic rings. The summed E-state index contributed by atoms with van der Waals surface area (Å²) in [4.78, 5) is 26.1. The molecule has 0 radical (unpaired) electrons. The summed E-state index contributed by atoms with van der Waals surface area (Å²) in [6, 6.07) is 4.29. The zero-order valence-electron chi connectivity index (χ0n) is 11.7. The normalized spacial score (nSPS) is 22.6. The van der Waals surface area contributed by atoms with Crippen LogP contribution in [-0.4, -0.2) is 41.5 Å². The molecular weight excluding hydrogens is 256 g/mol. The van der Waals surface area contributed by atoms with Gasteiger partial charge < -0.3 is 14.2 Å². The van der Waals surface area contributed by atoms with Crippen LogP contribution in [0.5, 0.6) is 0 Å². The molecule has 5 heteroatoms. The maximum Gasteiger partial charge on any atom is 0.310 e. The lowest BCUT2D eigenvalue weighted by molar-refractivity contribution is -0.146. The number of likely N-dealkylation sites (tertiary alicyclic amines) is 1. The van der Waals surface area contributed by atoms with Crippen LogP contribution in [0.1, 0.15) is 42.2 Å². The van der Waals surface area contributed by atoms with E-state index < -0.39 is 0 Å². The quantitative estimate of drug-likeness (QED) is 0.792. The Morgan fingerprint density at radius 3 is 2.80 bits per heavy atom. The van der Waals surface area contributed by atoms with Gasteiger partial charge in [0.05, 0.1) is 13.0 Å². The molecule has 1 saturated carbocycles. The van der Waals surface area contributed by atoms with E-state index in [1.54, 1.807) is 4.90 Å². The molecule has 1 aliphatic heterocycles. The van der Waals surface area contributed by atoms with Crippen molar-refractivity contribution in [2.75, 3.05) is 20.2 Å². The summed E-state index contributed by atoms with van der Waals surface area (Å²) in [6.45, 7) is 1.20. The minimum atomic E-state index is -0.208. The minimum Gasteiger partial charge on any atom is -0.469 e. The lowest BCUT2D eigenvalue weighted by Crippen LogP contribution is -2.43. The molecule has 0 aromatic carbocycles. The molecule has 0 unspecified atom stereocenters. The van der Waals surface area contributed by atoms with Gasteiger partial charge in [0.1, 0.15) is 5.69 Å². The van der Waals surface area contributed by atoms with Gasteiger partial charge in [0.25, 0.3) is 5.91 Å². The van der Waals surface area contributed by atoms with Crippen LogP contribution in [0.2, 0.25) is 0 Å². The van der Waals surface area contributed by atoms with Crippen LogP contribution >= 0.6 is 0 Å². The van der Waals surface area contributed by atoms with Gasteiger partial charge in [-0.1, -0.05) is 0 Å². The molecule has 2 fully saturated rings. The van der Waals surface area contributed by atoms with Crippen molar-refractivity contribution in [2.24, 2.45) is 5.92 Å². The van der Waals surface area contributed by atoms with E-state index in [9.17, 15) is 9.59 Å². The summed E-state index contributed by atoms with van der Waals surface area (Å²) >= 11 is 0. The molecular formula is C15H20N2O3. The van der Waals surface area contributed by atoms with Crippen molar-refractivity contribution in [3.8, 4) is 0 Å². The number of ether oxygens (including phenoxy) is 1. The highest BCUT2D eigenvalue weighted by Crippen LogP contribution is 2.36. The Bertz CT molecular complexity index is 519. The van der Waals surface area contributed by atoms with Crippen molar-refractivity contribution in [3.05, 3.63) is 24.0 Å². The molecule has 0 spiro atoms. The SMILES string of the molecule is COC(=O)[C@H]1CCCN(C(=O)c2cccn2C2CC2)C1. The molecule has 1 atom stereocenters. The van der Waals surface area contributed by atoms with Gasteiger partial charge in [-0.2, -0.15) is 0 Å². The molecule has 2 heterocycles. The van der Waals surface area contributed by atoms with Crippen LogP contribution in [0.15, 0.2) is 18.3 Å². The summed E-state index contributed by atoms with van der Waals surface area (Å²) in [6.07, 6.45) is 5.95. The highest BCUT2D eigenvalue weighted by molar-refractivity contribution is 5.93. The molecule has 1 aliphatic carbocycles. The molecule has 1 amide bonds. The fraction of sp³-hybridized carbons (Fsp3) is 0.600. The largest absolute Gasteiger partial charge is 0.469 e. The number of aromatic nitrogens is 1. The van der Waals surface area contributed by atoms with Crippen molar-refractivity contribution in [2.45, 2.75) is 31.7 Å². The van der Waals surface area contributed by atoms with E-state index in [1.807, 2.05) is 18.3 Å². The van der Waals surface area contributed by atoms with E-state index in [2.05, 4.69) is 4.57 Å². The third kappa shape index (κ3) is 2.44. The third-order valence-electron chi connectivity index (χ3n) is 4.18. The average Bonchev–Trinajstić information content (AvgIpc) is 3.23. The maximum atomic E-state index is 12.6. The Balaban J connectivity index is 1.73. The number of carbonyl (C=O) groups is 2. The summed E-state index contributed by atoms with van der Waals surface area (Å²) in [7, 11) is 1.40. The molecule has 1 saturated heterocycles. The molecule has 1 aromatic heterocycles. The first-order valence-corrected chi connectivity index (χ1v) is 7.24. The van der Waals surface area contributed by atoms with Crippen molar-refractivity contribution < 1.29 is 14.3 Å². The van der Waals surface area contributed by atoms with Crippen LogP contribution in [-0.2, 0) is 9.53 Å². The van der Waals surface area contributed by atoms with Gasteiger partial charge in [-0.05, 0) is 37.8 Å². The smallest absolute Gasteiger partial charge is 0.310 e. The van der Waals surface area contributed by atoms with Crippen LogP contribution in [0, 0.1) is 5.92 Å². The predicted molar refractivity (Wildman–Crippen MR) is 73.3 cm³/mol. The monoisotopic (exact) mass is 276 g/mol. The molecule has 5 nitrogen and oxygen atoms in total. The zero-order valence-corrected chi connectivity index (χ0v) is 11.7. The Hall–Kier alpha value is -1.78. The van der Waals surface area contributed by atoms with Gasteiger partial charge in [0, 0.05) is 25.3 Å². The number of amides is 1. The van der Waals surface area contributed by atoms with Crippen LogP contribution < -0.4 is 0 Å². The Morgan fingerprint density at radius 1 is 1.30 bits per heavy atom. The second-order valence-corrected chi connectivity index (χ2v) is 5.65. The molecule has 108 valence electrons. The Labute approximate surface area is 118 Å². The summed E-state index contributed by atoms with van der Waals surface area (Å²) < 4.78 is 6.87. The number of rotatable bonds is 3. The van der Waals surface area contributed by atoms with Gasteiger partial charge in [0.15, 0.2) is 0 Å². The highest BCUT2D eigenvalue weighted by Gasteiger charge is 2.32. The Morgan fingerprint density at radius 2 is 2.10 bits per heavy atom. The standard InChI is InChI=1S/C15H20N2O3/c1-20-15(19)11-4-2-8-16(10-11)14(18)13-5-3-9-17(13)12-6-7-12/h3,5,9,11-12H,2,4,6-8,10H2,1H3/t11-/m0/s1. The maximum absolute atomic E-state index is 12.6. The van der Waals surface area contributed by atoms with Gasteiger partial charge in [-0.15, -0.1) is 0 Å². The lowest BCUT2D eigenvalue weighted by atomic mass is 9.98. The number of nitrogens with zero attached hydrogens (tertiary/aromatic N) is 2. The fourth-order valence-electron chi connectivity index (χ4n) is 2.93. The highest BCUT2D eigenvalue weighted by atomic mass is 16.5. The van der Waals surface area contributed by atoms with E-state index in [-0.39, 0.29) is 17.8 Å². The number of carbonyl (C=O) groups excluding carboxylic acids is 2. The van der Waals surface area contributed by atoms with Crippen LogP contribution in [0.3, 0.4) is 0 Å². The van der Waals surface area contributed by atoms with Crippen molar-refractivity contribution in [1.82, 2.24) is 9.47 Å². The van der Waals surface area contributed by atoms with Gasteiger partial charge in [-0.3, -0.25) is 9.59 Å². The first-order chi connectivity index (χ1) is 9.70. The summed E-state index contributed by atoms with van der Waals surface area (Å²) in [5.74, 6) is -0.349. The fourth-order valence-corrected chi connectivity index (χ4v) is 2.93. The lowest BCUT2D eigenvalue weighted by Gasteiger charge is -2.31. The summed E-state index contributed by atoms with van der Waals surface area (Å²) in [5, 5.41) is 0. The Kier molecular flexibility index (Phi) is 3.51. The minimum absolute atomic E-state index is 0.0375. The van der Waals surface area contributed by atoms with E-state index in [4.69, 9.17) is 4.74 Å². The molecule has 0 N–H and O–H groups in total. The zero-order chi connectivity index (χ0) is 14.1. The number of hydrogen-bond donors (Lipinski definition) is 0. The number of hydrogen-bond acceptors (Lipinski definition) is 3. The number of methoxy groups -OCH3 is 1. The second-order valence-electron chi connectivity index (χ2n) is 5.65. The molecule has 2 aliphatic rings. The summed E-state index contributed by atoms with van der Waals surface area (Å²) in [5.41, 5.74) is 0.748. The van der Waals surface area contributed by atoms with Gasteiger partial charge in [0.2, 0.25) is 0 Å². The first kappa shape index (κ1) is 13.2. The van der Waals surface area contributed by atoms with E-state index in [1.165, 1.54) is 7.11 Å². The van der Waals surface area contributed by atoms with Crippen LogP contribution in [0.4, 0.5) is 0 Å². The van der Waals surface area contributed by atoms with Crippen molar-refractivity contribution >= 4 is 11.9 Å². The van der Waals surface area contributed by atoms with E-state index in [0.717, 1.165) is 37.9 Å². The number of piperidine rings is 1.